The number of nitrogens with one attached hydrogen (secondary N) is 1. The summed E-state index contributed by atoms with van der Waals surface area (Å²) in [6, 6.07) is 7.46. The molecular formula is C13H13N3O3. The number of carbonyl (C=O) groups is 2. The molecule has 0 aliphatic rings. The van der Waals surface area contributed by atoms with Gasteiger partial charge < -0.3 is 15.0 Å². The summed E-state index contributed by atoms with van der Waals surface area (Å²) in [7, 11) is 1.67. The third-order valence-corrected chi connectivity index (χ3v) is 2.70. The van der Waals surface area contributed by atoms with Crippen molar-refractivity contribution in [2.75, 3.05) is 0 Å². The molecule has 0 radical (unpaired) electrons. The van der Waals surface area contributed by atoms with Crippen LogP contribution in [0.5, 0.6) is 0 Å². The maximum atomic E-state index is 12.0. The second kappa shape index (κ2) is 5.34. The van der Waals surface area contributed by atoms with Crippen LogP contribution < -0.4 is 5.32 Å². The Labute approximate surface area is 109 Å². The molecule has 1 heterocycles. The van der Waals surface area contributed by atoms with E-state index in [0.29, 0.717) is 11.3 Å². The molecule has 0 bridgehead atoms. The molecule has 1 aromatic heterocycles. The van der Waals surface area contributed by atoms with Crippen LogP contribution in [0, 0.1) is 0 Å². The van der Waals surface area contributed by atoms with E-state index in [-0.39, 0.29) is 0 Å². The third-order valence-electron chi connectivity index (χ3n) is 2.70. The first-order valence-corrected chi connectivity index (χ1v) is 5.64. The number of hydrogen-bond acceptors (Lipinski definition) is 3. The van der Waals surface area contributed by atoms with Crippen molar-refractivity contribution in [3.8, 4) is 0 Å². The molecule has 2 aromatic rings. The number of rotatable bonds is 4. The van der Waals surface area contributed by atoms with Gasteiger partial charge in [0.05, 0.1) is 12.5 Å². The van der Waals surface area contributed by atoms with Gasteiger partial charge in [0.1, 0.15) is 5.69 Å². The lowest BCUT2D eigenvalue weighted by molar-refractivity contribution is -0.139. The molecule has 6 nitrogen and oxygen atoms in total. The van der Waals surface area contributed by atoms with Crippen LogP contribution in [0.4, 0.5) is 0 Å². The van der Waals surface area contributed by atoms with Gasteiger partial charge in [-0.25, -0.2) is 9.78 Å². The molecule has 2 N–H and O–H groups in total. The molecule has 0 aliphatic heterocycles. The zero-order chi connectivity index (χ0) is 13.8. The molecule has 0 spiro atoms. The SMILES string of the molecule is Cn1cncc1C(=O)N[C@H](C(=O)O)c1ccccc1. The Balaban J connectivity index is 2.21. The van der Waals surface area contributed by atoms with Crippen LogP contribution in [-0.4, -0.2) is 26.5 Å². The van der Waals surface area contributed by atoms with Gasteiger partial charge >= 0.3 is 5.97 Å². The fraction of sp³-hybridized carbons (Fsp3) is 0.154. The summed E-state index contributed by atoms with van der Waals surface area (Å²) in [5.74, 6) is -1.59. The normalized spacial score (nSPS) is 11.8. The summed E-state index contributed by atoms with van der Waals surface area (Å²) in [4.78, 5) is 27.1. The average molecular weight is 259 g/mol. The molecule has 2 rings (SSSR count). The van der Waals surface area contributed by atoms with Gasteiger partial charge in [0.15, 0.2) is 6.04 Å². The maximum Gasteiger partial charge on any atom is 0.330 e. The van der Waals surface area contributed by atoms with E-state index >= 15 is 0 Å². The highest BCUT2D eigenvalue weighted by molar-refractivity contribution is 5.95. The van der Waals surface area contributed by atoms with Crippen molar-refractivity contribution < 1.29 is 14.7 Å². The zero-order valence-corrected chi connectivity index (χ0v) is 10.3. The standard InChI is InChI=1S/C13H13N3O3/c1-16-8-14-7-10(16)12(17)15-11(13(18)19)9-5-3-2-4-6-9/h2-8,11H,1H3,(H,15,17)(H,18,19)/t11-/m0/s1. The predicted molar refractivity (Wildman–Crippen MR) is 67.5 cm³/mol. The van der Waals surface area contributed by atoms with E-state index < -0.39 is 17.9 Å². The number of nitrogens with zero attached hydrogens (tertiary/aromatic N) is 2. The summed E-state index contributed by atoms with van der Waals surface area (Å²) in [5.41, 5.74) is 0.827. The zero-order valence-electron chi connectivity index (χ0n) is 10.3. The summed E-state index contributed by atoms with van der Waals surface area (Å²) >= 11 is 0. The number of carboxylic acids is 1. The van der Waals surface area contributed by atoms with E-state index in [4.69, 9.17) is 0 Å². The van der Waals surface area contributed by atoms with Crippen molar-refractivity contribution in [1.82, 2.24) is 14.9 Å². The Bertz CT molecular complexity index is 592. The monoisotopic (exact) mass is 259 g/mol. The number of aryl methyl sites for hydroxylation is 1. The van der Waals surface area contributed by atoms with Crippen LogP contribution in [0.2, 0.25) is 0 Å². The molecule has 1 amide bonds. The number of carboxylic acid groups (broad SMARTS) is 1. The van der Waals surface area contributed by atoms with E-state index in [1.807, 2.05) is 0 Å². The summed E-state index contributed by atoms with van der Waals surface area (Å²) in [6.07, 6.45) is 2.87. The molecule has 98 valence electrons. The number of carbonyl (C=O) groups excluding carboxylic acids is 1. The molecule has 0 saturated heterocycles. The smallest absolute Gasteiger partial charge is 0.330 e. The largest absolute Gasteiger partial charge is 0.479 e. The van der Waals surface area contributed by atoms with Gasteiger partial charge in [-0.1, -0.05) is 30.3 Å². The van der Waals surface area contributed by atoms with Crippen molar-refractivity contribution in [3.63, 3.8) is 0 Å². The second-order valence-corrected chi connectivity index (χ2v) is 4.05. The van der Waals surface area contributed by atoms with E-state index in [9.17, 15) is 14.7 Å². The first-order valence-electron chi connectivity index (χ1n) is 5.64. The van der Waals surface area contributed by atoms with Crippen molar-refractivity contribution in [1.29, 1.82) is 0 Å². The van der Waals surface area contributed by atoms with Crippen LogP contribution >= 0.6 is 0 Å². The van der Waals surface area contributed by atoms with Gasteiger partial charge in [-0.2, -0.15) is 0 Å². The van der Waals surface area contributed by atoms with E-state index in [1.54, 1.807) is 37.4 Å². The molecule has 6 heteroatoms. The first-order chi connectivity index (χ1) is 9.09. The van der Waals surface area contributed by atoms with Crippen molar-refractivity contribution in [2.24, 2.45) is 7.05 Å². The van der Waals surface area contributed by atoms with Crippen LogP contribution in [0.25, 0.3) is 0 Å². The lowest BCUT2D eigenvalue weighted by Gasteiger charge is -2.14. The van der Waals surface area contributed by atoms with E-state index in [0.717, 1.165) is 0 Å². The predicted octanol–water partition coefficient (Wildman–Crippen LogP) is 0.976. The minimum absolute atomic E-state index is 0.308. The molecule has 0 unspecified atom stereocenters. The van der Waals surface area contributed by atoms with Crippen molar-refractivity contribution >= 4 is 11.9 Å². The fourth-order valence-electron chi connectivity index (χ4n) is 1.71. The summed E-state index contributed by atoms with van der Waals surface area (Å²) in [6.45, 7) is 0. The lowest BCUT2D eigenvalue weighted by atomic mass is 10.1. The summed E-state index contributed by atoms with van der Waals surface area (Å²) < 4.78 is 1.53. The second-order valence-electron chi connectivity index (χ2n) is 4.05. The van der Waals surface area contributed by atoms with Crippen LogP contribution in [0.1, 0.15) is 22.1 Å². The molecule has 0 saturated carbocycles. The number of hydrogen-bond donors (Lipinski definition) is 2. The lowest BCUT2D eigenvalue weighted by Crippen LogP contribution is -2.34. The van der Waals surface area contributed by atoms with Crippen molar-refractivity contribution in [3.05, 3.63) is 54.1 Å². The van der Waals surface area contributed by atoms with Crippen molar-refractivity contribution in [2.45, 2.75) is 6.04 Å². The van der Waals surface area contributed by atoms with Gasteiger partial charge in [-0.3, -0.25) is 4.79 Å². The molecule has 1 aromatic carbocycles. The van der Waals surface area contributed by atoms with E-state index in [1.165, 1.54) is 17.1 Å². The fourth-order valence-corrected chi connectivity index (χ4v) is 1.71. The van der Waals surface area contributed by atoms with Gasteiger partial charge in [0, 0.05) is 7.05 Å². The molecule has 0 fully saturated rings. The van der Waals surface area contributed by atoms with Crippen LogP contribution in [-0.2, 0) is 11.8 Å². The average Bonchev–Trinajstić information content (AvgIpc) is 2.82. The number of imidazole rings is 1. The third kappa shape index (κ3) is 2.79. The van der Waals surface area contributed by atoms with Crippen LogP contribution in [0.3, 0.4) is 0 Å². The highest BCUT2D eigenvalue weighted by atomic mass is 16.4. The minimum Gasteiger partial charge on any atom is -0.479 e. The van der Waals surface area contributed by atoms with Crippen LogP contribution in [0.15, 0.2) is 42.9 Å². The Morgan fingerprint density at radius 1 is 1.32 bits per heavy atom. The topological polar surface area (TPSA) is 84.2 Å². The summed E-state index contributed by atoms with van der Waals surface area (Å²) in [5, 5.41) is 11.7. The number of amides is 1. The Morgan fingerprint density at radius 3 is 2.53 bits per heavy atom. The Morgan fingerprint density at radius 2 is 2.00 bits per heavy atom. The minimum atomic E-state index is -1.11. The molecular weight excluding hydrogens is 246 g/mol. The quantitative estimate of drug-likeness (QED) is 0.857. The maximum absolute atomic E-state index is 12.0. The number of aromatic nitrogens is 2. The van der Waals surface area contributed by atoms with Gasteiger partial charge in [-0.15, -0.1) is 0 Å². The highest BCUT2D eigenvalue weighted by Gasteiger charge is 2.23. The van der Waals surface area contributed by atoms with Gasteiger partial charge in [0.25, 0.3) is 5.91 Å². The first kappa shape index (κ1) is 12.8. The molecule has 0 aliphatic carbocycles. The van der Waals surface area contributed by atoms with Gasteiger partial charge in [0.2, 0.25) is 0 Å². The highest BCUT2D eigenvalue weighted by Crippen LogP contribution is 2.13. The Kier molecular flexibility index (Phi) is 3.61. The number of benzene rings is 1. The Hall–Kier alpha value is -2.63. The molecule has 19 heavy (non-hydrogen) atoms. The van der Waals surface area contributed by atoms with Gasteiger partial charge in [-0.05, 0) is 5.56 Å². The molecule has 1 atom stereocenters. The van der Waals surface area contributed by atoms with E-state index in [2.05, 4.69) is 10.3 Å². The number of aliphatic carboxylic acids is 1.